The summed E-state index contributed by atoms with van der Waals surface area (Å²) in [5.41, 5.74) is 7.65. The van der Waals surface area contributed by atoms with Gasteiger partial charge >= 0.3 is 11.9 Å². The summed E-state index contributed by atoms with van der Waals surface area (Å²) < 4.78 is 6.08. The molecule has 362 valence electrons. The third-order valence-electron chi connectivity index (χ3n) is 11.5. The highest BCUT2D eigenvalue weighted by atomic mass is 17.0. The standard InChI is InChI=1S/C61H62N4O6/c1-2-67-60(66)59(68-62(43-51-27-11-3-12-28-51)44-52-29-13-4-14-30-52)61(69-63(45-53-31-15-5-16-32-53)46-54-33-17-6-18-34-54,70-64(47-55-35-19-7-20-36-55)48-56-37-21-8-22-38-56)71-65(49-57-39-23-9-24-40-57)50-58-41-25-10-26-42-58/h3-42,59H,2,43-50H2,1H3. The third kappa shape index (κ3) is 16.0. The van der Waals surface area contributed by atoms with Gasteiger partial charge in [-0.2, -0.15) is 20.3 Å². The molecule has 0 spiro atoms. The average molecular weight is 947 g/mol. The molecule has 0 aromatic heterocycles. The number of benzene rings is 8. The molecule has 8 aromatic carbocycles. The monoisotopic (exact) mass is 946 g/mol. The van der Waals surface area contributed by atoms with Crippen LogP contribution in [0.2, 0.25) is 0 Å². The highest BCUT2D eigenvalue weighted by Crippen LogP contribution is 2.34. The fourth-order valence-corrected chi connectivity index (χ4v) is 8.14. The SMILES string of the molecule is CCOC(=O)C(ON(Cc1ccccc1)Cc1ccccc1)C(ON(Cc1ccccc1)Cc1ccccc1)(ON(Cc1ccccc1)Cc1ccccc1)ON(Cc1ccccc1)Cc1ccccc1. The number of hydrogen-bond acceptors (Lipinski definition) is 10. The van der Waals surface area contributed by atoms with Crippen LogP contribution in [-0.2, 0) is 81.2 Å². The molecule has 10 heteroatoms. The van der Waals surface area contributed by atoms with Gasteiger partial charge in [-0.1, -0.05) is 243 Å². The summed E-state index contributed by atoms with van der Waals surface area (Å²) in [5, 5.41) is 7.11. The van der Waals surface area contributed by atoms with Gasteiger partial charge in [-0.3, -0.25) is 4.84 Å². The van der Waals surface area contributed by atoms with Crippen molar-refractivity contribution in [1.29, 1.82) is 0 Å². The molecule has 0 amide bonds. The summed E-state index contributed by atoms with van der Waals surface area (Å²) in [6.07, 6.45) is -1.73. The fourth-order valence-electron chi connectivity index (χ4n) is 8.14. The summed E-state index contributed by atoms with van der Waals surface area (Å²) in [7, 11) is 0. The molecule has 0 N–H and O–H groups in total. The Bertz CT molecular complexity index is 2330. The summed E-state index contributed by atoms with van der Waals surface area (Å²) in [6.45, 7) is 4.01. The van der Waals surface area contributed by atoms with E-state index in [4.69, 9.17) is 24.1 Å². The number of nitrogens with zero attached hydrogens (tertiary/aromatic N) is 4. The van der Waals surface area contributed by atoms with Crippen molar-refractivity contribution in [2.24, 2.45) is 0 Å². The Morgan fingerprint density at radius 1 is 0.338 bits per heavy atom. The first kappa shape index (κ1) is 50.3. The molecular weight excluding hydrogens is 885 g/mol. The highest BCUT2D eigenvalue weighted by molar-refractivity contribution is 5.75. The molecule has 0 fully saturated rings. The lowest BCUT2D eigenvalue weighted by Gasteiger charge is -2.45. The second-order valence-electron chi connectivity index (χ2n) is 17.2. The lowest BCUT2D eigenvalue weighted by molar-refractivity contribution is -0.567. The number of ether oxygens (including phenoxy) is 1. The molecule has 0 saturated heterocycles. The number of carbonyl (C=O) groups is 1. The number of rotatable bonds is 27. The molecule has 1 atom stereocenters. The van der Waals surface area contributed by atoms with Gasteiger partial charge in [-0.25, -0.2) is 19.3 Å². The van der Waals surface area contributed by atoms with Crippen molar-refractivity contribution >= 4 is 5.97 Å². The van der Waals surface area contributed by atoms with E-state index in [0.717, 1.165) is 44.5 Å². The second-order valence-corrected chi connectivity index (χ2v) is 17.2. The van der Waals surface area contributed by atoms with Crippen LogP contribution < -0.4 is 0 Å². The lowest BCUT2D eigenvalue weighted by Crippen LogP contribution is -2.63. The van der Waals surface area contributed by atoms with Gasteiger partial charge in [0.05, 0.1) is 6.61 Å². The van der Waals surface area contributed by atoms with Gasteiger partial charge < -0.3 is 4.74 Å². The molecule has 8 aromatic rings. The number of carbonyl (C=O) groups excluding carboxylic acids is 1. The minimum absolute atomic E-state index is 0.0411. The molecule has 0 aliphatic rings. The molecule has 0 aliphatic carbocycles. The quantitative estimate of drug-likeness (QED) is 0.0283. The minimum atomic E-state index is -2.45. The fraction of sp³-hybridized carbons (Fsp3) is 0.197. The Labute approximate surface area is 418 Å². The number of hydroxylamine groups is 8. The zero-order chi connectivity index (χ0) is 48.8. The van der Waals surface area contributed by atoms with Crippen molar-refractivity contribution in [2.75, 3.05) is 6.61 Å². The largest absolute Gasteiger partial charge is 0.464 e. The van der Waals surface area contributed by atoms with Crippen molar-refractivity contribution in [3.8, 4) is 0 Å². The van der Waals surface area contributed by atoms with Crippen LogP contribution >= 0.6 is 0 Å². The number of hydrogen-bond donors (Lipinski definition) is 0. The van der Waals surface area contributed by atoms with E-state index in [0.29, 0.717) is 0 Å². The van der Waals surface area contributed by atoms with Crippen LogP contribution in [0.5, 0.6) is 0 Å². The summed E-state index contributed by atoms with van der Waals surface area (Å²) >= 11 is 0. The summed E-state index contributed by atoms with van der Waals surface area (Å²) in [5.74, 6) is -3.20. The van der Waals surface area contributed by atoms with Gasteiger partial charge in [-0.15, -0.1) is 0 Å². The maximum absolute atomic E-state index is 15.5. The van der Waals surface area contributed by atoms with Gasteiger partial charge in [0.15, 0.2) is 0 Å². The van der Waals surface area contributed by atoms with Crippen LogP contribution in [-0.4, -0.2) is 44.9 Å². The second kappa shape index (κ2) is 26.8. The first-order chi connectivity index (χ1) is 35.0. The van der Waals surface area contributed by atoms with Crippen LogP contribution in [0.3, 0.4) is 0 Å². The van der Waals surface area contributed by atoms with Crippen molar-refractivity contribution in [2.45, 2.75) is 71.4 Å². The van der Waals surface area contributed by atoms with Gasteiger partial charge in [-0.05, 0) is 51.4 Å². The van der Waals surface area contributed by atoms with Crippen molar-refractivity contribution in [1.82, 2.24) is 20.3 Å². The van der Waals surface area contributed by atoms with E-state index in [1.165, 1.54) is 0 Å². The van der Waals surface area contributed by atoms with Gasteiger partial charge in [0, 0.05) is 52.4 Å². The maximum Gasteiger partial charge on any atom is 0.372 e. The minimum Gasteiger partial charge on any atom is -0.464 e. The molecule has 0 bridgehead atoms. The van der Waals surface area contributed by atoms with Crippen LogP contribution in [0.25, 0.3) is 0 Å². The van der Waals surface area contributed by atoms with Gasteiger partial charge in [0.25, 0.3) is 6.10 Å². The van der Waals surface area contributed by atoms with Gasteiger partial charge in [0.1, 0.15) is 0 Å². The van der Waals surface area contributed by atoms with Crippen LogP contribution in [0, 0.1) is 0 Å². The van der Waals surface area contributed by atoms with Crippen LogP contribution in [0.15, 0.2) is 243 Å². The molecular formula is C61H62N4O6. The van der Waals surface area contributed by atoms with E-state index >= 15 is 4.79 Å². The summed E-state index contributed by atoms with van der Waals surface area (Å²) in [6, 6.07) is 80.3. The predicted molar refractivity (Wildman–Crippen MR) is 276 cm³/mol. The van der Waals surface area contributed by atoms with E-state index in [1.54, 1.807) is 27.2 Å². The van der Waals surface area contributed by atoms with Gasteiger partial charge in [0.2, 0.25) is 0 Å². The molecule has 0 saturated carbocycles. The topological polar surface area (TPSA) is 76.2 Å². The van der Waals surface area contributed by atoms with E-state index in [1.807, 2.05) is 243 Å². The van der Waals surface area contributed by atoms with E-state index in [2.05, 4.69) is 0 Å². The van der Waals surface area contributed by atoms with Crippen LogP contribution in [0.1, 0.15) is 51.4 Å². The smallest absolute Gasteiger partial charge is 0.372 e. The Morgan fingerprint density at radius 2 is 0.535 bits per heavy atom. The first-order valence-electron chi connectivity index (χ1n) is 24.2. The average Bonchev–Trinajstić information content (AvgIpc) is 3.40. The highest BCUT2D eigenvalue weighted by Gasteiger charge is 2.57. The molecule has 8 rings (SSSR count). The van der Waals surface area contributed by atoms with Crippen molar-refractivity contribution in [3.63, 3.8) is 0 Å². The Hall–Kier alpha value is -7.09. The van der Waals surface area contributed by atoms with Crippen LogP contribution in [0.4, 0.5) is 0 Å². The molecule has 0 radical (unpaired) electrons. The van der Waals surface area contributed by atoms with Crippen molar-refractivity contribution < 1.29 is 28.9 Å². The Kier molecular flexibility index (Phi) is 19.0. The molecule has 0 aliphatic heterocycles. The number of esters is 1. The Balaban J connectivity index is 1.35. The van der Waals surface area contributed by atoms with Crippen molar-refractivity contribution in [3.05, 3.63) is 287 Å². The first-order valence-corrected chi connectivity index (χ1v) is 24.2. The van der Waals surface area contributed by atoms with E-state index in [-0.39, 0.29) is 59.0 Å². The van der Waals surface area contributed by atoms with E-state index < -0.39 is 18.0 Å². The normalized spacial score (nSPS) is 12.1. The molecule has 0 heterocycles. The van der Waals surface area contributed by atoms with E-state index in [9.17, 15) is 0 Å². The maximum atomic E-state index is 15.5. The predicted octanol–water partition coefficient (Wildman–Crippen LogP) is 12.1. The third-order valence-corrected chi connectivity index (χ3v) is 11.5. The molecule has 1 unspecified atom stereocenters. The lowest BCUT2D eigenvalue weighted by atomic mass is 10.2. The zero-order valence-corrected chi connectivity index (χ0v) is 40.3. The Morgan fingerprint density at radius 3 is 0.732 bits per heavy atom. The summed E-state index contributed by atoms with van der Waals surface area (Å²) in [4.78, 5) is 45.3. The molecule has 10 nitrogen and oxygen atoms in total. The molecule has 71 heavy (non-hydrogen) atoms. The zero-order valence-electron chi connectivity index (χ0n) is 40.3.